The summed E-state index contributed by atoms with van der Waals surface area (Å²) in [6.45, 7) is 5.63. The molecule has 0 atom stereocenters. The Bertz CT molecular complexity index is 1330. The van der Waals surface area contributed by atoms with Gasteiger partial charge < -0.3 is 9.84 Å². The number of rotatable bonds is 2. The Labute approximate surface area is 200 Å². The van der Waals surface area contributed by atoms with Crippen molar-refractivity contribution in [2.45, 2.75) is 6.92 Å². The number of carbonyl (C=O) groups excluding carboxylic acids is 1. The molecule has 3 nitrogen and oxygen atoms in total. The van der Waals surface area contributed by atoms with E-state index in [0.717, 1.165) is 31.6 Å². The summed E-state index contributed by atoms with van der Waals surface area (Å²) in [6, 6.07) is 11.2. The van der Waals surface area contributed by atoms with Gasteiger partial charge in [0, 0.05) is 26.4 Å². The lowest BCUT2D eigenvalue weighted by Gasteiger charge is -2.25. The molecule has 3 aromatic carbocycles. The topological polar surface area (TPSA) is 46.5 Å². The molecule has 0 spiro atoms. The van der Waals surface area contributed by atoms with Gasteiger partial charge in [-0.3, -0.25) is 4.79 Å². The van der Waals surface area contributed by atoms with Gasteiger partial charge in [-0.05, 0) is 77.6 Å². The van der Waals surface area contributed by atoms with E-state index in [2.05, 4.69) is 70.3 Å². The van der Waals surface area contributed by atoms with E-state index < -0.39 is 0 Å². The molecule has 0 aromatic heterocycles. The Kier molecular flexibility index (Phi) is 5.53. The van der Waals surface area contributed by atoms with E-state index >= 15 is 0 Å². The number of halogens is 4. The molecule has 0 saturated carbocycles. The Balaban J connectivity index is 2.28. The third kappa shape index (κ3) is 3.32. The Morgan fingerprint density at radius 1 is 0.966 bits per heavy atom. The van der Waals surface area contributed by atoms with Crippen molar-refractivity contribution >= 4 is 81.7 Å². The van der Waals surface area contributed by atoms with Crippen LogP contribution in [0.4, 0.5) is 0 Å². The van der Waals surface area contributed by atoms with Gasteiger partial charge in [0.1, 0.15) is 16.0 Å². The number of ketones is 1. The van der Waals surface area contributed by atoms with Crippen molar-refractivity contribution < 1.29 is 14.6 Å². The van der Waals surface area contributed by atoms with Gasteiger partial charge in [-0.2, -0.15) is 0 Å². The number of hydrogen-bond donors (Lipinski definition) is 1. The molecule has 0 radical (unpaired) electrons. The van der Waals surface area contributed by atoms with E-state index in [-0.39, 0.29) is 11.5 Å². The number of carbonyl (C=O) groups is 1. The van der Waals surface area contributed by atoms with Crippen molar-refractivity contribution in [3.8, 4) is 17.2 Å². The van der Waals surface area contributed by atoms with Gasteiger partial charge in [-0.15, -0.1) is 0 Å². The van der Waals surface area contributed by atoms with Crippen LogP contribution in [0.15, 0.2) is 54.3 Å². The third-order valence-electron chi connectivity index (χ3n) is 4.74. The maximum atomic E-state index is 12.4. The van der Waals surface area contributed by atoms with Crippen LogP contribution in [0.5, 0.6) is 17.2 Å². The predicted molar refractivity (Wildman–Crippen MR) is 128 cm³/mol. The molecule has 3 aromatic rings. The quantitative estimate of drug-likeness (QED) is 0.257. The second-order valence-electron chi connectivity index (χ2n) is 6.50. The molecule has 0 amide bonds. The van der Waals surface area contributed by atoms with Crippen LogP contribution in [-0.4, -0.2) is 10.9 Å². The van der Waals surface area contributed by atoms with Gasteiger partial charge in [0.05, 0.1) is 8.95 Å². The van der Waals surface area contributed by atoms with Crippen LogP contribution in [-0.2, 0) is 0 Å². The molecule has 0 saturated heterocycles. The first-order valence-electron chi connectivity index (χ1n) is 8.43. The highest BCUT2D eigenvalue weighted by atomic mass is 79.9. The fourth-order valence-electron chi connectivity index (χ4n) is 3.35. The number of hydrogen-bond acceptors (Lipinski definition) is 3. The number of benzene rings is 3. The minimum Gasteiger partial charge on any atom is -0.505 e. The molecule has 1 N–H and O–H groups in total. The monoisotopic (exact) mass is 640 g/mol. The maximum absolute atomic E-state index is 12.4. The van der Waals surface area contributed by atoms with Crippen LogP contribution >= 0.6 is 63.7 Å². The highest BCUT2D eigenvalue weighted by Crippen LogP contribution is 2.49. The number of phenolic OH excluding ortho intramolecular Hbond substituents is 1. The van der Waals surface area contributed by atoms with Crippen LogP contribution < -0.4 is 15.2 Å². The molecule has 0 bridgehead atoms. The van der Waals surface area contributed by atoms with Crippen LogP contribution in [0.25, 0.3) is 12.2 Å². The molecule has 4 rings (SSSR count). The summed E-state index contributed by atoms with van der Waals surface area (Å²) in [5.74, 6) is 1.04. The van der Waals surface area contributed by atoms with Gasteiger partial charge in [0.15, 0.2) is 11.5 Å². The van der Waals surface area contributed by atoms with Crippen molar-refractivity contribution in [1.82, 2.24) is 0 Å². The smallest absolute Gasteiger partial charge is 0.160 e. The fourth-order valence-corrected chi connectivity index (χ4v) is 5.75. The molecule has 0 fully saturated rings. The Morgan fingerprint density at radius 2 is 1.66 bits per heavy atom. The lowest BCUT2D eigenvalue weighted by molar-refractivity contribution is 0.101. The molecular weight excluding hydrogens is 632 g/mol. The second-order valence-corrected chi connectivity index (χ2v) is 9.80. The lowest BCUT2D eigenvalue weighted by Crippen LogP contribution is -2.23. The second kappa shape index (κ2) is 7.69. The fraction of sp³-hybridized carbons (Fsp3) is 0.0455. The molecule has 1 heterocycles. The minimum atomic E-state index is -0.0356. The van der Waals surface area contributed by atoms with E-state index in [4.69, 9.17) is 4.74 Å². The summed E-state index contributed by atoms with van der Waals surface area (Å²) in [6.07, 6.45) is 0. The van der Waals surface area contributed by atoms with E-state index in [1.165, 1.54) is 0 Å². The first-order valence-corrected chi connectivity index (χ1v) is 11.6. The zero-order valence-corrected chi connectivity index (χ0v) is 21.3. The van der Waals surface area contributed by atoms with Crippen molar-refractivity contribution in [2.75, 3.05) is 0 Å². The predicted octanol–water partition coefficient (Wildman–Crippen LogP) is 6.41. The van der Waals surface area contributed by atoms with Gasteiger partial charge in [-0.25, -0.2) is 0 Å². The zero-order chi connectivity index (χ0) is 21.0. The number of Topliss-reactive ketones (excluding diaryl/α,β-unsaturated/α-hetero) is 1. The summed E-state index contributed by atoms with van der Waals surface area (Å²) in [4.78, 5) is 12.4. The van der Waals surface area contributed by atoms with Gasteiger partial charge in [0.25, 0.3) is 0 Å². The summed E-state index contributed by atoms with van der Waals surface area (Å²) < 4.78 is 8.66. The lowest BCUT2D eigenvalue weighted by atomic mass is 9.88. The van der Waals surface area contributed by atoms with Gasteiger partial charge >= 0.3 is 0 Å². The average molecular weight is 644 g/mol. The summed E-state index contributed by atoms with van der Waals surface area (Å²) in [7, 11) is 0. The molecule has 0 aliphatic carbocycles. The van der Waals surface area contributed by atoms with Crippen molar-refractivity contribution in [1.29, 1.82) is 0 Å². The molecule has 1 aliphatic heterocycles. The number of phenols is 1. The molecule has 1 aliphatic rings. The van der Waals surface area contributed by atoms with Crippen LogP contribution in [0.2, 0.25) is 0 Å². The summed E-state index contributed by atoms with van der Waals surface area (Å²) >= 11 is 14.0. The van der Waals surface area contributed by atoms with E-state index in [0.29, 0.717) is 30.5 Å². The minimum absolute atomic E-state index is 0.0356. The van der Waals surface area contributed by atoms with E-state index in [1.807, 2.05) is 30.3 Å². The number of ether oxygens (including phenoxy) is 1. The van der Waals surface area contributed by atoms with Crippen LogP contribution in [0.3, 0.4) is 0 Å². The number of aromatic hydroxyl groups is 1. The van der Waals surface area contributed by atoms with Gasteiger partial charge in [-0.1, -0.05) is 46.8 Å². The first-order chi connectivity index (χ1) is 13.7. The molecular formula is C22H12Br4O3. The largest absolute Gasteiger partial charge is 0.505 e. The van der Waals surface area contributed by atoms with Crippen LogP contribution in [0.1, 0.15) is 28.4 Å². The van der Waals surface area contributed by atoms with Crippen LogP contribution in [0, 0.1) is 0 Å². The SMILES string of the molecule is C=c1c(Br)cc2c(c1Br)Oc1c(cc(Br)c(O)c1Br)C=2c1ccccc1C(C)=O. The highest BCUT2D eigenvalue weighted by molar-refractivity contribution is 9.11. The third-order valence-corrected chi connectivity index (χ3v) is 7.62. The summed E-state index contributed by atoms with van der Waals surface area (Å²) in [5, 5.41) is 12.0. The van der Waals surface area contributed by atoms with E-state index in [9.17, 15) is 9.90 Å². The van der Waals surface area contributed by atoms with Crippen molar-refractivity contribution in [2.24, 2.45) is 0 Å². The number of fused-ring (bicyclic) bond motifs is 2. The average Bonchev–Trinajstić information content (AvgIpc) is 2.69. The molecule has 146 valence electrons. The maximum Gasteiger partial charge on any atom is 0.160 e. The first kappa shape index (κ1) is 20.8. The van der Waals surface area contributed by atoms with E-state index in [1.54, 1.807) is 13.0 Å². The highest BCUT2D eigenvalue weighted by Gasteiger charge is 2.28. The molecule has 29 heavy (non-hydrogen) atoms. The Hall–Kier alpha value is -1.41. The molecule has 7 heteroatoms. The normalized spacial score (nSPS) is 12.2. The summed E-state index contributed by atoms with van der Waals surface area (Å²) in [5.41, 5.74) is 2.96. The van der Waals surface area contributed by atoms with Gasteiger partial charge in [0.2, 0.25) is 0 Å². The zero-order valence-electron chi connectivity index (χ0n) is 14.9. The molecule has 0 unspecified atom stereocenters. The van der Waals surface area contributed by atoms with Crippen molar-refractivity contribution in [3.05, 3.63) is 81.4 Å². The standard InChI is InChI=1S/C22H12Br4O3/c1-9-15(23)7-13-17(12-6-4-3-5-11(12)10(2)27)14-8-16(24)20(28)19(26)22(14)29-21(13)18(9)25/h3-8,28H,1H2,2H3. The Morgan fingerprint density at radius 3 is 2.34 bits per heavy atom. The van der Waals surface area contributed by atoms with Crippen molar-refractivity contribution in [3.63, 3.8) is 0 Å².